The van der Waals surface area contributed by atoms with Gasteiger partial charge in [-0.1, -0.05) is 26.0 Å². The number of benzene rings is 2. The van der Waals surface area contributed by atoms with E-state index < -0.39 is 5.60 Å². The summed E-state index contributed by atoms with van der Waals surface area (Å²) in [6, 6.07) is 10.2. The summed E-state index contributed by atoms with van der Waals surface area (Å²) >= 11 is 0. The average molecular weight is 437 g/mol. The first kappa shape index (κ1) is 21.7. The molecule has 8 heteroatoms. The highest BCUT2D eigenvalue weighted by Crippen LogP contribution is 2.40. The summed E-state index contributed by atoms with van der Waals surface area (Å²) in [6.45, 7) is 7.33. The van der Waals surface area contributed by atoms with Crippen LogP contribution in [0.1, 0.15) is 56.3 Å². The van der Waals surface area contributed by atoms with Crippen molar-refractivity contribution in [2.75, 3.05) is 6.61 Å². The second-order valence-corrected chi connectivity index (χ2v) is 8.99. The number of ketones is 1. The van der Waals surface area contributed by atoms with E-state index >= 15 is 0 Å². The second kappa shape index (κ2) is 8.18. The number of aromatic amines is 1. The van der Waals surface area contributed by atoms with Gasteiger partial charge < -0.3 is 24.9 Å². The molecule has 0 saturated heterocycles. The van der Waals surface area contributed by atoms with Crippen molar-refractivity contribution in [3.05, 3.63) is 47.8 Å². The molecule has 1 aliphatic rings. The number of nitrogens with zero attached hydrogens (tertiary/aromatic N) is 1. The van der Waals surface area contributed by atoms with Crippen LogP contribution in [0.15, 0.2) is 36.4 Å². The van der Waals surface area contributed by atoms with Crippen LogP contribution >= 0.6 is 0 Å². The Morgan fingerprint density at radius 2 is 2.06 bits per heavy atom. The summed E-state index contributed by atoms with van der Waals surface area (Å²) in [4.78, 5) is 32.8. The molecule has 1 aromatic heterocycles. The second-order valence-electron chi connectivity index (χ2n) is 8.99. The molecule has 0 spiro atoms. The van der Waals surface area contributed by atoms with E-state index in [0.717, 1.165) is 11.0 Å². The Balaban J connectivity index is 1.46. The van der Waals surface area contributed by atoms with Crippen LogP contribution in [0.4, 0.5) is 0 Å². The number of phenolic OH excluding ortho intramolecular Hbond substituents is 1. The molecule has 0 aliphatic carbocycles. The van der Waals surface area contributed by atoms with Crippen molar-refractivity contribution >= 4 is 22.7 Å². The van der Waals surface area contributed by atoms with E-state index in [1.54, 1.807) is 13.8 Å². The molecular weight excluding hydrogens is 410 g/mol. The molecule has 2 aromatic carbocycles. The lowest BCUT2D eigenvalue weighted by Gasteiger charge is -2.32. The summed E-state index contributed by atoms with van der Waals surface area (Å²) in [5, 5.41) is 13.2. The lowest BCUT2D eigenvalue weighted by molar-refractivity contribution is -0.124. The minimum absolute atomic E-state index is 0.0916. The van der Waals surface area contributed by atoms with Gasteiger partial charge in [-0.2, -0.15) is 0 Å². The van der Waals surface area contributed by atoms with E-state index in [0.29, 0.717) is 5.82 Å². The van der Waals surface area contributed by atoms with Gasteiger partial charge in [-0.05, 0) is 31.9 Å². The number of fused-ring (bicyclic) bond motifs is 2. The van der Waals surface area contributed by atoms with Gasteiger partial charge in [0.15, 0.2) is 12.4 Å². The van der Waals surface area contributed by atoms with E-state index in [-0.39, 0.29) is 59.5 Å². The molecular formula is C24H27N3O5. The fourth-order valence-corrected chi connectivity index (χ4v) is 3.86. The maximum Gasteiger partial charge on any atom is 0.258 e. The van der Waals surface area contributed by atoms with Crippen LogP contribution in [-0.4, -0.2) is 39.0 Å². The standard InChI is InChI=1S/C24H27N3O5/c1-13(2)22(23-25-15-7-5-6-8-16(15)26-23)27-20(30)12-31-14-9-17(28)21-18(29)11-24(3,4)32-19(21)10-14/h5-10,13,22,28H,11-12H2,1-4H3,(H,25,26)(H,27,30)/t22-/m0/s1. The lowest BCUT2D eigenvalue weighted by Crippen LogP contribution is -2.36. The van der Waals surface area contributed by atoms with Gasteiger partial charge in [0.2, 0.25) is 0 Å². The molecule has 3 aromatic rings. The Bertz CT molecular complexity index is 1150. The third-order valence-electron chi connectivity index (χ3n) is 5.36. The first-order valence-electron chi connectivity index (χ1n) is 10.6. The SMILES string of the molecule is CC(C)[C@H](NC(=O)COc1cc(O)c2c(c1)OC(C)(C)CC2=O)c1nc2ccccc2[nH]1. The number of ether oxygens (including phenoxy) is 2. The van der Waals surface area contributed by atoms with E-state index in [1.807, 2.05) is 38.1 Å². The first-order valence-corrected chi connectivity index (χ1v) is 10.6. The molecule has 0 fully saturated rings. The third kappa shape index (κ3) is 4.39. The summed E-state index contributed by atoms with van der Waals surface area (Å²) in [5.74, 6) is 0.517. The number of imidazole rings is 1. The Kier molecular flexibility index (Phi) is 5.54. The molecule has 1 amide bonds. The van der Waals surface area contributed by atoms with Crippen LogP contribution in [0.25, 0.3) is 11.0 Å². The number of nitrogens with one attached hydrogen (secondary N) is 2. The minimum Gasteiger partial charge on any atom is -0.507 e. The molecule has 1 aliphatic heterocycles. The van der Waals surface area contributed by atoms with E-state index in [2.05, 4.69) is 15.3 Å². The zero-order valence-corrected chi connectivity index (χ0v) is 18.6. The Morgan fingerprint density at radius 1 is 1.31 bits per heavy atom. The predicted octanol–water partition coefficient (Wildman–Crippen LogP) is 3.90. The predicted molar refractivity (Wildman–Crippen MR) is 119 cm³/mol. The molecule has 0 radical (unpaired) electrons. The van der Waals surface area contributed by atoms with Gasteiger partial charge in [0.25, 0.3) is 5.91 Å². The van der Waals surface area contributed by atoms with Crippen LogP contribution in [0, 0.1) is 5.92 Å². The van der Waals surface area contributed by atoms with Gasteiger partial charge in [0, 0.05) is 12.1 Å². The molecule has 1 atom stereocenters. The van der Waals surface area contributed by atoms with Crippen molar-refractivity contribution in [2.24, 2.45) is 5.92 Å². The smallest absolute Gasteiger partial charge is 0.258 e. The number of para-hydroxylation sites is 2. The number of Topliss-reactive ketones (excluding diaryl/α,β-unsaturated/α-hetero) is 1. The Hall–Kier alpha value is -3.55. The highest BCUT2D eigenvalue weighted by molar-refractivity contribution is 6.03. The highest BCUT2D eigenvalue weighted by atomic mass is 16.5. The van der Waals surface area contributed by atoms with Gasteiger partial charge in [-0.25, -0.2) is 4.98 Å². The van der Waals surface area contributed by atoms with Crippen molar-refractivity contribution in [1.29, 1.82) is 0 Å². The zero-order chi connectivity index (χ0) is 23.0. The highest BCUT2D eigenvalue weighted by Gasteiger charge is 2.35. The summed E-state index contributed by atoms with van der Waals surface area (Å²) in [6.07, 6.45) is 0.175. The number of amides is 1. The van der Waals surface area contributed by atoms with Crippen LogP contribution < -0.4 is 14.8 Å². The molecule has 32 heavy (non-hydrogen) atoms. The number of carbonyl (C=O) groups excluding carboxylic acids is 2. The summed E-state index contributed by atoms with van der Waals surface area (Å²) in [5.41, 5.74) is 1.20. The van der Waals surface area contributed by atoms with Crippen LogP contribution in [0.5, 0.6) is 17.2 Å². The van der Waals surface area contributed by atoms with Gasteiger partial charge in [-0.3, -0.25) is 9.59 Å². The monoisotopic (exact) mass is 437 g/mol. The molecule has 3 N–H and O–H groups in total. The van der Waals surface area contributed by atoms with Gasteiger partial charge in [-0.15, -0.1) is 0 Å². The molecule has 0 saturated carbocycles. The first-order chi connectivity index (χ1) is 15.1. The maximum atomic E-state index is 12.6. The fraction of sp³-hybridized carbons (Fsp3) is 0.375. The third-order valence-corrected chi connectivity index (χ3v) is 5.36. The minimum atomic E-state index is -0.677. The summed E-state index contributed by atoms with van der Waals surface area (Å²) < 4.78 is 11.4. The lowest BCUT2D eigenvalue weighted by atomic mass is 9.92. The van der Waals surface area contributed by atoms with Gasteiger partial charge in [0.1, 0.15) is 34.2 Å². The van der Waals surface area contributed by atoms with Crippen LogP contribution in [0.3, 0.4) is 0 Å². The normalized spacial score (nSPS) is 15.8. The Morgan fingerprint density at radius 3 is 2.78 bits per heavy atom. The molecule has 168 valence electrons. The van der Waals surface area contributed by atoms with Crippen molar-refractivity contribution < 1.29 is 24.2 Å². The molecule has 0 bridgehead atoms. The number of hydrogen-bond acceptors (Lipinski definition) is 6. The maximum absolute atomic E-state index is 12.6. The quantitative estimate of drug-likeness (QED) is 0.539. The molecule has 8 nitrogen and oxygen atoms in total. The Labute approximate surface area is 186 Å². The number of phenols is 1. The molecule has 4 rings (SSSR count). The topological polar surface area (TPSA) is 114 Å². The average Bonchev–Trinajstić information content (AvgIpc) is 3.12. The van der Waals surface area contributed by atoms with E-state index in [1.165, 1.54) is 12.1 Å². The number of aromatic nitrogens is 2. The van der Waals surface area contributed by atoms with Crippen molar-refractivity contribution in [3.63, 3.8) is 0 Å². The van der Waals surface area contributed by atoms with Crippen molar-refractivity contribution in [2.45, 2.75) is 45.8 Å². The largest absolute Gasteiger partial charge is 0.507 e. The summed E-state index contributed by atoms with van der Waals surface area (Å²) in [7, 11) is 0. The van der Waals surface area contributed by atoms with Crippen LogP contribution in [0.2, 0.25) is 0 Å². The number of carbonyl (C=O) groups is 2. The molecule has 0 unspecified atom stereocenters. The van der Waals surface area contributed by atoms with Gasteiger partial charge in [0.05, 0.1) is 23.5 Å². The van der Waals surface area contributed by atoms with Crippen LogP contribution in [-0.2, 0) is 4.79 Å². The van der Waals surface area contributed by atoms with E-state index in [4.69, 9.17) is 9.47 Å². The number of rotatable bonds is 6. The number of H-pyrrole nitrogens is 1. The molecule has 2 heterocycles. The zero-order valence-electron chi connectivity index (χ0n) is 18.6. The fourth-order valence-electron chi connectivity index (χ4n) is 3.86. The number of aromatic hydroxyl groups is 1. The van der Waals surface area contributed by atoms with E-state index in [9.17, 15) is 14.7 Å². The number of hydrogen-bond donors (Lipinski definition) is 3. The van der Waals surface area contributed by atoms with Crippen molar-refractivity contribution in [3.8, 4) is 17.2 Å². The van der Waals surface area contributed by atoms with Crippen molar-refractivity contribution in [1.82, 2.24) is 15.3 Å². The van der Waals surface area contributed by atoms with Gasteiger partial charge >= 0.3 is 0 Å².